The Bertz CT molecular complexity index is 1930. The van der Waals surface area contributed by atoms with Crippen molar-refractivity contribution in [3.05, 3.63) is 104 Å². The fourth-order valence-electron chi connectivity index (χ4n) is 4.84. The average molecular weight is 606 g/mol. The van der Waals surface area contributed by atoms with Crippen LogP contribution >= 0.6 is 0 Å². The molecule has 0 unspecified atom stereocenters. The minimum absolute atomic E-state index is 0.00966. The molecule has 0 fully saturated rings. The van der Waals surface area contributed by atoms with Crippen molar-refractivity contribution in [3.63, 3.8) is 0 Å². The monoisotopic (exact) mass is 605 g/mol. The number of carbonyl (C=O) groups is 1. The number of aromatic nitrogens is 6. The van der Waals surface area contributed by atoms with Gasteiger partial charge in [0.1, 0.15) is 23.6 Å². The first-order valence-electron chi connectivity index (χ1n) is 13.5. The number of hydrogen-bond donors (Lipinski definition) is 0. The van der Waals surface area contributed by atoms with E-state index in [1.54, 1.807) is 38.4 Å². The Morgan fingerprint density at radius 3 is 2.25 bits per heavy atom. The summed E-state index contributed by atoms with van der Waals surface area (Å²) in [6.07, 6.45) is 0.168. The van der Waals surface area contributed by atoms with Crippen LogP contribution in [-0.4, -0.2) is 74.7 Å². The van der Waals surface area contributed by atoms with Gasteiger partial charge in [-0.2, -0.15) is 0 Å². The first-order valence-corrected chi connectivity index (χ1v) is 13.5. The molecule has 228 valence electrons. The molecule has 12 nitrogen and oxygen atoms in total. The molecule has 0 N–H and O–H groups in total. The van der Waals surface area contributed by atoms with E-state index in [2.05, 4.69) is 15.3 Å². The van der Waals surface area contributed by atoms with Crippen LogP contribution in [0.3, 0.4) is 0 Å². The molecule has 0 saturated carbocycles. The number of halogens is 2. The lowest BCUT2D eigenvalue weighted by atomic mass is 10.1. The number of ketones is 1. The van der Waals surface area contributed by atoms with E-state index < -0.39 is 29.4 Å². The zero-order valence-electron chi connectivity index (χ0n) is 24.5. The van der Waals surface area contributed by atoms with Gasteiger partial charge in [0, 0.05) is 31.7 Å². The molecule has 5 rings (SSSR count). The van der Waals surface area contributed by atoms with Crippen LogP contribution < -0.4 is 16.0 Å². The Labute approximate surface area is 249 Å². The van der Waals surface area contributed by atoms with Gasteiger partial charge in [-0.05, 0) is 50.0 Å². The lowest BCUT2D eigenvalue weighted by Gasteiger charge is -2.14. The quantitative estimate of drug-likeness (QED) is 0.223. The lowest BCUT2D eigenvalue weighted by molar-refractivity contribution is -0.121. The number of benzene rings is 2. The second-order valence-corrected chi connectivity index (χ2v) is 10.3. The molecule has 0 amide bonds. The van der Waals surface area contributed by atoms with Gasteiger partial charge < -0.3 is 14.4 Å². The lowest BCUT2D eigenvalue weighted by Crippen LogP contribution is -2.40. The highest BCUT2D eigenvalue weighted by Crippen LogP contribution is 2.23. The third kappa shape index (κ3) is 5.89. The molecule has 5 aromatic rings. The van der Waals surface area contributed by atoms with Crippen molar-refractivity contribution in [3.8, 4) is 17.4 Å². The van der Waals surface area contributed by atoms with E-state index in [-0.39, 0.29) is 53.7 Å². The topological polar surface area (TPSA) is 126 Å². The van der Waals surface area contributed by atoms with E-state index in [9.17, 15) is 23.2 Å². The van der Waals surface area contributed by atoms with Crippen LogP contribution in [0.4, 0.5) is 8.78 Å². The van der Waals surface area contributed by atoms with Crippen molar-refractivity contribution in [1.29, 1.82) is 0 Å². The fraction of sp³-hybridized carbons (Fsp3) is 0.267. The number of nitrogens with zero attached hydrogens (tertiary/aromatic N) is 7. The number of fused-ring (bicyclic) bond motifs is 1. The predicted molar refractivity (Wildman–Crippen MR) is 157 cm³/mol. The molecule has 0 radical (unpaired) electrons. The molecule has 2 aromatic carbocycles. The largest absolute Gasteiger partial charge is 0.480 e. The first kappa shape index (κ1) is 30.4. The maximum absolute atomic E-state index is 14.8. The van der Waals surface area contributed by atoms with E-state index in [4.69, 9.17) is 9.47 Å². The molecule has 0 aliphatic rings. The van der Waals surface area contributed by atoms with Crippen LogP contribution in [0.25, 0.3) is 22.5 Å². The third-order valence-corrected chi connectivity index (χ3v) is 6.85. The number of rotatable bonds is 11. The highest BCUT2D eigenvalue weighted by atomic mass is 19.1. The standard InChI is InChI=1S/C30H29F2N7O5/c1-36(2)16-24-27-28(35-39(24)19-10-8-18(9-11-19)14-20(40)17-43-3)37(15-21-22(31)6-5-7-23(21)32)30(42)38(29(27)41)25-12-13-26(44-4)34-33-25/h5-13H,14-17H2,1-4H3. The summed E-state index contributed by atoms with van der Waals surface area (Å²) in [4.78, 5) is 41.9. The van der Waals surface area contributed by atoms with Gasteiger partial charge in [-0.25, -0.2) is 22.8 Å². The minimum Gasteiger partial charge on any atom is -0.480 e. The molecule has 0 aliphatic carbocycles. The van der Waals surface area contributed by atoms with Crippen molar-refractivity contribution >= 4 is 16.8 Å². The zero-order valence-corrected chi connectivity index (χ0v) is 24.5. The molecule has 0 spiro atoms. The number of ether oxygens (including phenoxy) is 2. The Kier molecular flexibility index (Phi) is 8.73. The van der Waals surface area contributed by atoms with Gasteiger partial charge in [0.15, 0.2) is 17.2 Å². The average Bonchev–Trinajstić information content (AvgIpc) is 3.36. The van der Waals surface area contributed by atoms with Gasteiger partial charge in [-0.3, -0.25) is 14.2 Å². The van der Waals surface area contributed by atoms with Crippen molar-refractivity contribution in [2.75, 3.05) is 34.9 Å². The van der Waals surface area contributed by atoms with Crippen LogP contribution in [0.15, 0.2) is 64.2 Å². The Morgan fingerprint density at radius 1 is 0.955 bits per heavy atom. The third-order valence-electron chi connectivity index (χ3n) is 6.85. The van der Waals surface area contributed by atoms with Crippen molar-refractivity contribution < 1.29 is 23.0 Å². The molecular formula is C30H29F2N7O5. The molecule has 0 aliphatic heterocycles. The summed E-state index contributed by atoms with van der Waals surface area (Å²) in [7, 11) is 6.44. The van der Waals surface area contributed by atoms with Gasteiger partial charge in [0.05, 0.1) is 25.0 Å². The fourth-order valence-corrected chi connectivity index (χ4v) is 4.84. The molecule has 3 heterocycles. The highest BCUT2D eigenvalue weighted by molar-refractivity contribution is 5.82. The van der Waals surface area contributed by atoms with Gasteiger partial charge >= 0.3 is 5.69 Å². The second kappa shape index (κ2) is 12.7. The number of Topliss-reactive ketones (excluding diaryl/α,β-unsaturated/α-hetero) is 1. The number of hydrogen-bond acceptors (Lipinski definition) is 9. The number of methoxy groups -OCH3 is 2. The Balaban J connectivity index is 1.79. The van der Waals surface area contributed by atoms with E-state index in [1.807, 2.05) is 4.90 Å². The van der Waals surface area contributed by atoms with E-state index in [0.29, 0.717) is 11.4 Å². The normalized spacial score (nSPS) is 11.4. The SMILES string of the molecule is COCC(=O)Cc1ccc(-n2nc3c(c2CN(C)C)c(=O)n(-c2ccc(OC)nn2)c(=O)n3Cc2c(F)cccc2F)cc1. The maximum Gasteiger partial charge on any atom is 0.338 e. The van der Waals surface area contributed by atoms with Crippen molar-refractivity contribution in [1.82, 2.24) is 34.0 Å². The Morgan fingerprint density at radius 2 is 1.66 bits per heavy atom. The first-order chi connectivity index (χ1) is 21.1. The summed E-state index contributed by atoms with van der Waals surface area (Å²) in [5, 5.41) is 12.6. The van der Waals surface area contributed by atoms with E-state index >= 15 is 0 Å². The maximum atomic E-state index is 14.8. The van der Waals surface area contributed by atoms with Gasteiger partial charge in [-0.1, -0.05) is 18.2 Å². The van der Waals surface area contributed by atoms with Gasteiger partial charge in [-0.15, -0.1) is 15.3 Å². The summed E-state index contributed by atoms with van der Waals surface area (Å²) in [5.74, 6) is -1.77. The minimum atomic E-state index is -0.919. The molecule has 0 atom stereocenters. The van der Waals surface area contributed by atoms with Crippen molar-refractivity contribution in [2.45, 2.75) is 19.5 Å². The smallest absolute Gasteiger partial charge is 0.338 e. The summed E-state index contributed by atoms with van der Waals surface area (Å²) in [5.41, 5.74) is -0.415. The van der Waals surface area contributed by atoms with Crippen LogP contribution in [-0.2, 0) is 29.0 Å². The zero-order chi connectivity index (χ0) is 31.5. The summed E-state index contributed by atoms with van der Waals surface area (Å²) < 4.78 is 43.0. The highest BCUT2D eigenvalue weighted by Gasteiger charge is 2.26. The van der Waals surface area contributed by atoms with Crippen LogP contribution in [0, 0.1) is 11.6 Å². The van der Waals surface area contributed by atoms with E-state index in [0.717, 1.165) is 26.8 Å². The molecule has 0 saturated heterocycles. The predicted octanol–water partition coefficient (Wildman–Crippen LogP) is 2.28. The molecule has 44 heavy (non-hydrogen) atoms. The molecule has 0 bridgehead atoms. The van der Waals surface area contributed by atoms with Crippen LogP contribution in [0.1, 0.15) is 16.8 Å². The van der Waals surface area contributed by atoms with Crippen molar-refractivity contribution in [2.24, 2.45) is 0 Å². The second-order valence-electron chi connectivity index (χ2n) is 10.3. The number of carbonyl (C=O) groups excluding carboxylic acids is 1. The van der Waals surface area contributed by atoms with Gasteiger partial charge in [0.2, 0.25) is 5.88 Å². The molecule has 3 aromatic heterocycles. The summed E-state index contributed by atoms with van der Waals surface area (Å²) >= 11 is 0. The molecule has 14 heteroatoms. The van der Waals surface area contributed by atoms with Crippen LogP contribution in [0.2, 0.25) is 0 Å². The van der Waals surface area contributed by atoms with E-state index in [1.165, 1.54) is 37.1 Å². The summed E-state index contributed by atoms with van der Waals surface area (Å²) in [6.45, 7) is -0.360. The van der Waals surface area contributed by atoms with Gasteiger partial charge in [0.25, 0.3) is 5.56 Å². The molecular weight excluding hydrogens is 576 g/mol. The Hall–Kier alpha value is -5.08. The van der Waals surface area contributed by atoms with Crippen LogP contribution in [0.5, 0.6) is 5.88 Å². The summed E-state index contributed by atoms with van der Waals surface area (Å²) in [6, 6.07) is 13.2.